The molecule has 1 aromatic heterocycles. The topological polar surface area (TPSA) is 67.4 Å². The number of carbonyl (C=O) groups excluding carboxylic acids is 1. The maximum Gasteiger partial charge on any atom is 0.522 e. The highest BCUT2D eigenvalue weighted by Gasteiger charge is 2.73. The molecule has 0 spiro atoms. The number of anilines is 1. The average Bonchev–Trinajstić information content (AvgIpc) is 2.54. The fraction of sp³-hybridized carbons (Fsp3) is 0.722. The number of hydrogen-bond donors (Lipinski definition) is 1. The first kappa shape index (κ1) is 20.2. The van der Waals surface area contributed by atoms with E-state index in [1.165, 1.54) is 18.2 Å². The van der Waals surface area contributed by atoms with E-state index < -0.39 is 36.4 Å². The Bertz CT molecular complexity index is 798. The summed E-state index contributed by atoms with van der Waals surface area (Å²) in [6.07, 6.45) is -5.63. The Labute approximate surface area is 163 Å². The number of nitrogens with zero attached hydrogens (tertiary/aromatic N) is 3. The Morgan fingerprint density at radius 1 is 1.31 bits per heavy atom. The molecule has 1 aromatic rings. The van der Waals surface area contributed by atoms with Crippen molar-refractivity contribution in [2.45, 2.75) is 69.5 Å². The number of amides is 1. The number of hydrogen-bond acceptors (Lipinski definition) is 5. The summed E-state index contributed by atoms with van der Waals surface area (Å²) in [4.78, 5) is 22.1. The highest BCUT2D eigenvalue weighted by atomic mass is 19.4. The Balaban J connectivity index is 1.34. The Morgan fingerprint density at radius 2 is 1.97 bits per heavy atom. The van der Waals surface area contributed by atoms with Gasteiger partial charge in [0, 0.05) is 23.4 Å². The third-order valence-corrected chi connectivity index (χ3v) is 6.45. The van der Waals surface area contributed by atoms with Gasteiger partial charge in [0.15, 0.2) is 0 Å². The van der Waals surface area contributed by atoms with Crippen molar-refractivity contribution in [2.75, 3.05) is 11.9 Å². The van der Waals surface area contributed by atoms with Gasteiger partial charge in [-0.2, -0.15) is 0 Å². The summed E-state index contributed by atoms with van der Waals surface area (Å²) in [6, 6.07) is 0.237. The van der Waals surface area contributed by atoms with Crippen LogP contribution in [0.4, 0.5) is 27.8 Å². The van der Waals surface area contributed by atoms with Crippen molar-refractivity contribution in [3.05, 3.63) is 18.1 Å². The summed E-state index contributed by atoms with van der Waals surface area (Å²) in [7, 11) is 0. The van der Waals surface area contributed by atoms with Crippen LogP contribution in [0.1, 0.15) is 38.8 Å². The zero-order valence-electron chi connectivity index (χ0n) is 15.8. The summed E-state index contributed by atoms with van der Waals surface area (Å²) < 4.78 is 67.0. The lowest BCUT2D eigenvalue weighted by molar-refractivity contribution is -0.359. The van der Waals surface area contributed by atoms with Crippen molar-refractivity contribution >= 4 is 11.7 Å². The normalized spacial score (nSPS) is 34.1. The Morgan fingerprint density at radius 3 is 2.52 bits per heavy atom. The number of nitrogens with one attached hydrogen (secondary N) is 1. The van der Waals surface area contributed by atoms with Crippen molar-refractivity contribution in [1.29, 1.82) is 0 Å². The van der Waals surface area contributed by atoms with Crippen molar-refractivity contribution in [1.82, 2.24) is 14.9 Å². The van der Waals surface area contributed by atoms with Crippen LogP contribution in [0.2, 0.25) is 0 Å². The molecular weight excluding hydrogens is 399 g/mol. The van der Waals surface area contributed by atoms with Gasteiger partial charge in [-0.3, -0.25) is 9.53 Å². The number of likely N-dealkylation sites (tertiary alicyclic amines) is 1. The second-order valence-corrected chi connectivity index (χ2v) is 8.46. The molecule has 6 nitrogen and oxygen atoms in total. The SMILES string of the molecule is C[C@@H](Nc1cc(C23CC(C(F)F)(C2)C3)ncn1)C(=O)N1C[C@H](OC(F)(F)F)[C@@H]1C. The van der Waals surface area contributed by atoms with Crippen LogP contribution in [0.5, 0.6) is 0 Å². The molecule has 0 radical (unpaired) electrons. The molecule has 3 saturated carbocycles. The smallest absolute Gasteiger partial charge is 0.359 e. The summed E-state index contributed by atoms with van der Waals surface area (Å²) >= 11 is 0. The van der Waals surface area contributed by atoms with Gasteiger partial charge >= 0.3 is 6.36 Å². The van der Waals surface area contributed by atoms with E-state index in [1.807, 2.05) is 0 Å². The van der Waals surface area contributed by atoms with Crippen LogP contribution in [-0.4, -0.2) is 58.3 Å². The lowest BCUT2D eigenvalue weighted by atomic mass is 9.34. The number of aromatic nitrogens is 2. The van der Waals surface area contributed by atoms with E-state index in [4.69, 9.17) is 0 Å². The molecule has 3 aliphatic carbocycles. The maximum atomic E-state index is 13.0. The van der Waals surface area contributed by atoms with E-state index >= 15 is 0 Å². The number of alkyl halides is 5. The number of ether oxygens (including phenoxy) is 1. The van der Waals surface area contributed by atoms with Gasteiger partial charge in [-0.15, -0.1) is 13.2 Å². The summed E-state index contributed by atoms with van der Waals surface area (Å²) in [6.45, 7) is 2.94. The van der Waals surface area contributed by atoms with Crippen molar-refractivity contribution in [3.63, 3.8) is 0 Å². The van der Waals surface area contributed by atoms with Gasteiger partial charge in [-0.05, 0) is 33.1 Å². The van der Waals surface area contributed by atoms with Gasteiger partial charge in [0.05, 0.1) is 11.7 Å². The predicted octanol–water partition coefficient (Wildman–Crippen LogP) is 3.10. The van der Waals surface area contributed by atoms with Crippen LogP contribution in [0.25, 0.3) is 0 Å². The Hall–Kier alpha value is -2.04. The molecule has 11 heteroatoms. The number of rotatable bonds is 6. The predicted molar refractivity (Wildman–Crippen MR) is 91.2 cm³/mol. The fourth-order valence-electron chi connectivity index (χ4n) is 4.80. The average molecular weight is 420 g/mol. The molecule has 2 bridgehead atoms. The van der Waals surface area contributed by atoms with E-state index in [1.54, 1.807) is 13.0 Å². The van der Waals surface area contributed by atoms with E-state index in [0.717, 1.165) is 0 Å². The third kappa shape index (κ3) is 3.32. The Kier molecular flexibility index (Phi) is 4.52. The monoisotopic (exact) mass is 420 g/mol. The molecule has 1 saturated heterocycles. The second-order valence-electron chi connectivity index (χ2n) is 8.46. The standard InChI is InChI=1S/C18H21F5N4O2/c1-9(14(28)27-4-11(10(27)2)29-18(21,22)23)26-13-3-12(24-8-25-13)16-5-17(6-16,7-16)15(19)20/h3,8-11,15H,4-7H2,1-2H3,(H,24,25,26)/t9-,10+,11+,16?,17?/m1/s1. The van der Waals surface area contributed by atoms with Crippen LogP contribution in [0, 0.1) is 5.41 Å². The molecule has 1 aliphatic heterocycles. The minimum Gasteiger partial charge on any atom is -0.359 e. The fourth-order valence-corrected chi connectivity index (χ4v) is 4.80. The lowest BCUT2D eigenvalue weighted by Gasteiger charge is -2.69. The molecule has 160 valence electrons. The maximum absolute atomic E-state index is 13.0. The van der Waals surface area contributed by atoms with Gasteiger partial charge in [0.1, 0.15) is 24.3 Å². The molecule has 0 unspecified atom stereocenters. The van der Waals surface area contributed by atoms with E-state index in [9.17, 15) is 26.7 Å². The summed E-state index contributed by atoms with van der Waals surface area (Å²) in [5.41, 5.74) is -0.532. The van der Waals surface area contributed by atoms with Crippen LogP contribution in [0.15, 0.2) is 12.4 Å². The van der Waals surface area contributed by atoms with E-state index in [2.05, 4.69) is 20.0 Å². The molecule has 4 aliphatic rings. The third-order valence-electron chi connectivity index (χ3n) is 6.45. The highest BCUT2D eigenvalue weighted by molar-refractivity contribution is 5.85. The molecule has 29 heavy (non-hydrogen) atoms. The minimum absolute atomic E-state index is 0.140. The minimum atomic E-state index is -4.74. The van der Waals surface area contributed by atoms with E-state index in [0.29, 0.717) is 30.8 Å². The van der Waals surface area contributed by atoms with Crippen LogP contribution >= 0.6 is 0 Å². The highest BCUT2D eigenvalue weighted by Crippen LogP contribution is 2.75. The molecule has 0 aromatic carbocycles. The van der Waals surface area contributed by atoms with Crippen LogP contribution < -0.4 is 5.32 Å². The molecular formula is C18H21F5N4O2. The first-order chi connectivity index (χ1) is 13.4. The lowest BCUT2D eigenvalue weighted by Crippen LogP contribution is -2.67. The first-order valence-electron chi connectivity index (χ1n) is 9.37. The zero-order chi connectivity index (χ0) is 21.2. The summed E-state index contributed by atoms with van der Waals surface area (Å²) in [5.74, 6) is 0.00444. The summed E-state index contributed by atoms with van der Waals surface area (Å²) in [5, 5.41) is 2.93. The van der Waals surface area contributed by atoms with Gasteiger partial charge < -0.3 is 10.2 Å². The van der Waals surface area contributed by atoms with Gasteiger partial charge in [-0.1, -0.05) is 0 Å². The molecule has 4 fully saturated rings. The molecule has 2 heterocycles. The van der Waals surface area contributed by atoms with Crippen LogP contribution in [0.3, 0.4) is 0 Å². The van der Waals surface area contributed by atoms with Crippen molar-refractivity contribution < 1.29 is 31.5 Å². The van der Waals surface area contributed by atoms with Gasteiger partial charge in [-0.25, -0.2) is 18.7 Å². The number of halogens is 5. The van der Waals surface area contributed by atoms with E-state index in [-0.39, 0.29) is 17.9 Å². The van der Waals surface area contributed by atoms with Gasteiger partial charge in [0.2, 0.25) is 12.3 Å². The van der Waals surface area contributed by atoms with Crippen LogP contribution in [-0.2, 0) is 14.9 Å². The molecule has 1 amide bonds. The quantitative estimate of drug-likeness (QED) is 0.717. The molecule has 1 N–H and O–H groups in total. The largest absolute Gasteiger partial charge is 0.522 e. The van der Waals surface area contributed by atoms with Gasteiger partial charge in [0.25, 0.3) is 0 Å². The zero-order valence-corrected chi connectivity index (χ0v) is 15.8. The molecule has 5 rings (SSSR count). The molecule has 3 atom stereocenters. The first-order valence-corrected chi connectivity index (χ1v) is 9.37. The number of carbonyl (C=O) groups is 1. The van der Waals surface area contributed by atoms with Crippen molar-refractivity contribution in [2.24, 2.45) is 5.41 Å². The van der Waals surface area contributed by atoms with Crippen molar-refractivity contribution in [3.8, 4) is 0 Å². The second kappa shape index (κ2) is 6.48.